The fraction of sp³-hybridized carbons (Fsp3) is 0.125. The number of hydrogen-bond acceptors (Lipinski definition) is 5. The summed E-state index contributed by atoms with van der Waals surface area (Å²) in [7, 11) is 0. The van der Waals surface area contributed by atoms with Crippen molar-refractivity contribution in [3.63, 3.8) is 0 Å². The van der Waals surface area contributed by atoms with Gasteiger partial charge in [0.1, 0.15) is 0 Å². The van der Waals surface area contributed by atoms with Gasteiger partial charge < -0.3 is 5.43 Å². The lowest BCUT2D eigenvalue weighted by molar-refractivity contribution is 0.620. The highest BCUT2D eigenvalue weighted by Gasteiger charge is 2.21. The second-order valence-electron chi connectivity index (χ2n) is 5.31. The summed E-state index contributed by atoms with van der Waals surface area (Å²) in [4.78, 5) is 0. The standard InChI is InChI=1S/C16H13BrN6/c17-13-3-1-2-12(8-13)15-9-14(18-19-15)10-4-6-11(7-5-10)16-20-22-23-21-16/h1-8,14,18H,9H2,(H,20,21,22,23). The number of nitrogens with zero attached hydrogens (tertiary/aromatic N) is 4. The van der Waals surface area contributed by atoms with E-state index in [0.29, 0.717) is 5.82 Å². The number of H-pyrrole nitrogens is 1. The number of benzene rings is 2. The molecule has 23 heavy (non-hydrogen) atoms. The Hall–Kier alpha value is -2.54. The summed E-state index contributed by atoms with van der Waals surface area (Å²) in [6, 6.07) is 16.5. The Bertz CT molecular complexity index is 841. The monoisotopic (exact) mass is 368 g/mol. The molecule has 0 radical (unpaired) electrons. The Kier molecular flexibility index (Phi) is 3.63. The number of rotatable bonds is 3. The first-order valence-corrected chi connectivity index (χ1v) is 8.01. The summed E-state index contributed by atoms with van der Waals surface area (Å²) < 4.78 is 1.06. The van der Waals surface area contributed by atoms with Gasteiger partial charge in [-0.15, -0.1) is 10.2 Å². The van der Waals surface area contributed by atoms with Gasteiger partial charge in [-0.2, -0.15) is 10.3 Å². The molecule has 114 valence electrons. The van der Waals surface area contributed by atoms with E-state index in [1.54, 1.807) is 0 Å². The molecule has 1 aromatic heterocycles. The van der Waals surface area contributed by atoms with Gasteiger partial charge in [-0.3, -0.25) is 0 Å². The number of halogens is 1. The van der Waals surface area contributed by atoms with Crippen molar-refractivity contribution in [1.82, 2.24) is 26.0 Å². The number of tetrazole rings is 1. The number of aromatic amines is 1. The van der Waals surface area contributed by atoms with Crippen LogP contribution in [-0.4, -0.2) is 26.3 Å². The van der Waals surface area contributed by atoms with Crippen LogP contribution in [0, 0.1) is 0 Å². The molecule has 7 heteroatoms. The molecule has 6 nitrogen and oxygen atoms in total. The molecule has 0 aliphatic carbocycles. The first kappa shape index (κ1) is 14.1. The van der Waals surface area contributed by atoms with Gasteiger partial charge in [0.25, 0.3) is 0 Å². The Labute approximate surface area is 141 Å². The van der Waals surface area contributed by atoms with Crippen LogP contribution in [0.4, 0.5) is 0 Å². The van der Waals surface area contributed by atoms with E-state index in [1.165, 1.54) is 5.56 Å². The van der Waals surface area contributed by atoms with Gasteiger partial charge in [0.05, 0.1) is 11.8 Å². The van der Waals surface area contributed by atoms with Gasteiger partial charge in [-0.1, -0.05) is 52.3 Å². The largest absolute Gasteiger partial charge is 0.302 e. The van der Waals surface area contributed by atoms with Crippen LogP contribution in [-0.2, 0) is 0 Å². The fourth-order valence-corrected chi connectivity index (χ4v) is 3.03. The molecule has 0 saturated heterocycles. The molecule has 0 bridgehead atoms. The predicted octanol–water partition coefficient (Wildman–Crippen LogP) is 3.07. The van der Waals surface area contributed by atoms with Crippen LogP contribution in [0.1, 0.15) is 23.6 Å². The highest BCUT2D eigenvalue weighted by Crippen LogP contribution is 2.26. The van der Waals surface area contributed by atoms with E-state index in [0.717, 1.165) is 27.7 Å². The van der Waals surface area contributed by atoms with Crippen molar-refractivity contribution in [1.29, 1.82) is 0 Å². The molecule has 3 aromatic rings. The zero-order chi connectivity index (χ0) is 15.6. The maximum absolute atomic E-state index is 4.48. The summed E-state index contributed by atoms with van der Waals surface area (Å²) >= 11 is 3.50. The molecule has 0 spiro atoms. The maximum atomic E-state index is 4.48. The Morgan fingerprint density at radius 1 is 1.04 bits per heavy atom. The lowest BCUT2D eigenvalue weighted by Crippen LogP contribution is -2.09. The molecular weight excluding hydrogens is 356 g/mol. The Morgan fingerprint density at radius 2 is 1.91 bits per heavy atom. The second-order valence-corrected chi connectivity index (χ2v) is 6.23. The molecule has 2 heterocycles. The van der Waals surface area contributed by atoms with Gasteiger partial charge >= 0.3 is 0 Å². The molecule has 2 aromatic carbocycles. The van der Waals surface area contributed by atoms with Crippen molar-refractivity contribution >= 4 is 21.6 Å². The molecule has 4 rings (SSSR count). The molecule has 0 saturated carbocycles. The predicted molar refractivity (Wildman–Crippen MR) is 90.8 cm³/mol. The Balaban J connectivity index is 1.50. The Morgan fingerprint density at radius 3 is 2.65 bits per heavy atom. The second kappa shape index (κ2) is 5.92. The number of aromatic nitrogens is 4. The van der Waals surface area contributed by atoms with Gasteiger partial charge in [-0.25, -0.2) is 0 Å². The van der Waals surface area contributed by atoms with Crippen LogP contribution >= 0.6 is 15.9 Å². The summed E-state index contributed by atoms with van der Waals surface area (Å²) in [6.45, 7) is 0. The van der Waals surface area contributed by atoms with Crippen LogP contribution in [0.25, 0.3) is 11.4 Å². The molecule has 0 fully saturated rings. The average molecular weight is 369 g/mol. The fourth-order valence-electron chi connectivity index (χ4n) is 2.63. The zero-order valence-corrected chi connectivity index (χ0v) is 13.7. The van der Waals surface area contributed by atoms with E-state index in [2.05, 4.69) is 71.3 Å². The van der Waals surface area contributed by atoms with Crippen molar-refractivity contribution in [2.24, 2.45) is 5.10 Å². The van der Waals surface area contributed by atoms with Gasteiger partial charge in [0.15, 0.2) is 0 Å². The SMILES string of the molecule is Brc1cccc(C2=NNC(c3ccc(-c4nn[nH]n4)cc3)C2)c1. The van der Waals surface area contributed by atoms with E-state index < -0.39 is 0 Å². The minimum atomic E-state index is 0.184. The van der Waals surface area contributed by atoms with E-state index in [9.17, 15) is 0 Å². The van der Waals surface area contributed by atoms with Crippen molar-refractivity contribution in [3.8, 4) is 11.4 Å². The van der Waals surface area contributed by atoms with Gasteiger partial charge in [0, 0.05) is 16.5 Å². The minimum Gasteiger partial charge on any atom is -0.302 e. The molecule has 1 aliphatic heterocycles. The van der Waals surface area contributed by atoms with Crippen LogP contribution in [0.2, 0.25) is 0 Å². The number of hydrogen-bond donors (Lipinski definition) is 2. The van der Waals surface area contributed by atoms with Crippen LogP contribution in [0.15, 0.2) is 58.1 Å². The van der Waals surface area contributed by atoms with Crippen molar-refractivity contribution < 1.29 is 0 Å². The lowest BCUT2D eigenvalue weighted by atomic mass is 9.98. The highest BCUT2D eigenvalue weighted by molar-refractivity contribution is 9.10. The van der Waals surface area contributed by atoms with E-state index >= 15 is 0 Å². The molecule has 2 N–H and O–H groups in total. The van der Waals surface area contributed by atoms with Crippen LogP contribution in [0.5, 0.6) is 0 Å². The van der Waals surface area contributed by atoms with Crippen molar-refractivity contribution in [2.45, 2.75) is 12.5 Å². The van der Waals surface area contributed by atoms with Crippen LogP contribution in [0.3, 0.4) is 0 Å². The quantitative estimate of drug-likeness (QED) is 0.744. The smallest absolute Gasteiger partial charge is 0.204 e. The first-order valence-electron chi connectivity index (χ1n) is 7.21. The van der Waals surface area contributed by atoms with Gasteiger partial charge in [0.2, 0.25) is 5.82 Å². The number of hydrazone groups is 1. The van der Waals surface area contributed by atoms with Gasteiger partial charge in [-0.05, 0) is 28.5 Å². The third kappa shape index (κ3) is 2.87. The average Bonchev–Trinajstić information content (AvgIpc) is 3.27. The molecule has 0 amide bonds. The zero-order valence-electron chi connectivity index (χ0n) is 12.1. The van der Waals surface area contributed by atoms with Crippen molar-refractivity contribution in [3.05, 3.63) is 64.1 Å². The van der Waals surface area contributed by atoms with Crippen molar-refractivity contribution in [2.75, 3.05) is 0 Å². The summed E-state index contributed by atoms with van der Waals surface area (Å²) in [5.74, 6) is 0.599. The lowest BCUT2D eigenvalue weighted by Gasteiger charge is -2.10. The summed E-state index contributed by atoms with van der Waals surface area (Å²) in [5.41, 5.74) is 7.55. The van der Waals surface area contributed by atoms with E-state index in [4.69, 9.17) is 0 Å². The summed E-state index contributed by atoms with van der Waals surface area (Å²) in [5, 5.41) is 18.5. The normalized spacial score (nSPS) is 16.9. The molecule has 1 aliphatic rings. The minimum absolute atomic E-state index is 0.184. The maximum Gasteiger partial charge on any atom is 0.204 e. The summed E-state index contributed by atoms with van der Waals surface area (Å²) in [6.07, 6.45) is 0.859. The third-order valence-corrected chi connectivity index (χ3v) is 4.32. The third-order valence-electron chi connectivity index (χ3n) is 3.83. The topological polar surface area (TPSA) is 78.9 Å². The molecular formula is C16H13BrN6. The van der Waals surface area contributed by atoms with E-state index in [1.807, 2.05) is 24.3 Å². The molecule has 1 atom stereocenters. The first-order chi connectivity index (χ1) is 11.3. The number of nitrogens with one attached hydrogen (secondary N) is 2. The van der Waals surface area contributed by atoms with E-state index in [-0.39, 0.29) is 6.04 Å². The highest BCUT2D eigenvalue weighted by atomic mass is 79.9. The van der Waals surface area contributed by atoms with Crippen LogP contribution < -0.4 is 5.43 Å². The molecule has 1 unspecified atom stereocenters.